The van der Waals surface area contributed by atoms with Crippen LogP contribution in [0.25, 0.3) is 0 Å². The van der Waals surface area contributed by atoms with Gasteiger partial charge >= 0.3 is 12.1 Å². The standard InChI is InChI=1S/C10H16F3NO2/c1-2-7-3-4-14(5-7)6-8(9(15)16)10(11,12)13/h7-8H,2-6H2,1H3,(H,15,16). The molecule has 1 N–H and O–H groups in total. The zero-order valence-corrected chi connectivity index (χ0v) is 9.13. The molecule has 1 heterocycles. The Hall–Kier alpha value is -0.780. The molecule has 0 bridgehead atoms. The molecule has 1 fully saturated rings. The Morgan fingerprint density at radius 2 is 2.19 bits per heavy atom. The maximum absolute atomic E-state index is 12.4. The number of rotatable bonds is 4. The number of carboxylic acid groups (broad SMARTS) is 1. The Balaban J connectivity index is 2.54. The van der Waals surface area contributed by atoms with Crippen LogP contribution in [-0.4, -0.2) is 41.8 Å². The molecule has 1 rings (SSSR count). The van der Waals surface area contributed by atoms with E-state index in [-0.39, 0.29) is 0 Å². The summed E-state index contributed by atoms with van der Waals surface area (Å²) in [4.78, 5) is 12.1. The Morgan fingerprint density at radius 3 is 2.56 bits per heavy atom. The van der Waals surface area contributed by atoms with Crippen molar-refractivity contribution in [3.8, 4) is 0 Å². The van der Waals surface area contributed by atoms with Gasteiger partial charge in [-0.05, 0) is 18.9 Å². The average molecular weight is 239 g/mol. The SMILES string of the molecule is CCC1CCN(CC(C(=O)O)C(F)(F)F)C1. The Kier molecular flexibility index (Phi) is 4.18. The molecular formula is C10H16F3NO2. The fourth-order valence-electron chi connectivity index (χ4n) is 1.99. The quantitative estimate of drug-likeness (QED) is 0.815. The molecule has 16 heavy (non-hydrogen) atoms. The molecule has 94 valence electrons. The number of alkyl halides is 3. The van der Waals surface area contributed by atoms with Crippen LogP contribution in [0.1, 0.15) is 19.8 Å². The molecule has 0 aromatic rings. The number of likely N-dealkylation sites (tertiary alicyclic amines) is 1. The van der Waals surface area contributed by atoms with Gasteiger partial charge in [0.25, 0.3) is 0 Å². The molecule has 0 aliphatic carbocycles. The maximum Gasteiger partial charge on any atom is 0.403 e. The van der Waals surface area contributed by atoms with Crippen molar-refractivity contribution in [2.75, 3.05) is 19.6 Å². The van der Waals surface area contributed by atoms with Crippen LogP contribution in [0.5, 0.6) is 0 Å². The van der Waals surface area contributed by atoms with Gasteiger partial charge < -0.3 is 10.0 Å². The van der Waals surface area contributed by atoms with Gasteiger partial charge in [0.2, 0.25) is 0 Å². The van der Waals surface area contributed by atoms with E-state index in [4.69, 9.17) is 5.11 Å². The van der Waals surface area contributed by atoms with E-state index in [2.05, 4.69) is 0 Å². The van der Waals surface area contributed by atoms with Crippen LogP contribution >= 0.6 is 0 Å². The summed E-state index contributed by atoms with van der Waals surface area (Å²) in [6.45, 7) is 2.72. The molecule has 2 atom stereocenters. The maximum atomic E-state index is 12.4. The molecule has 3 nitrogen and oxygen atoms in total. The van der Waals surface area contributed by atoms with Crippen LogP contribution in [0.15, 0.2) is 0 Å². The minimum atomic E-state index is -4.66. The summed E-state index contributed by atoms with van der Waals surface area (Å²) < 4.78 is 37.2. The fraction of sp³-hybridized carbons (Fsp3) is 0.900. The van der Waals surface area contributed by atoms with E-state index < -0.39 is 24.6 Å². The highest BCUT2D eigenvalue weighted by atomic mass is 19.4. The van der Waals surface area contributed by atoms with Crippen molar-refractivity contribution in [2.45, 2.75) is 25.9 Å². The van der Waals surface area contributed by atoms with Gasteiger partial charge in [0.15, 0.2) is 5.92 Å². The molecule has 0 aromatic heterocycles. The first-order chi connectivity index (χ1) is 7.34. The Morgan fingerprint density at radius 1 is 1.56 bits per heavy atom. The predicted octanol–water partition coefficient (Wildman–Crippen LogP) is 1.98. The summed E-state index contributed by atoms with van der Waals surface area (Å²) in [6, 6.07) is 0. The van der Waals surface area contributed by atoms with Gasteiger partial charge in [-0.3, -0.25) is 4.79 Å². The number of aliphatic carboxylic acids is 1. The molecular weight excluding hydrogens is 223 g/mol. The minimum Gasteiger partial charge on any atom is -0.481 e. The summed E-state index contributed by atoms with van der Waals surface area (Å²) in [6.07, 6.45) is -2.86. The second-order valence-electron chi connectivity index (χ2n) is 4.25. The molecule has 1 aliphatic heterocycles. The zero-order chi connectivity index (χ0) is 12.3. The molecule has 2 unspecified atom stereocenters. The third kappa shape index (κ3) is 3.37. The van der Waals surface area contributed by atoms with E-state index in [9.17, 15) is 18.0 Å². The second kappa shape index (κ2) is 5.03. The molecule has 0 radical (unpaired) electrons. The largest absolute Gasteiger partial charge is 0.481 e. The lowest BCUT2D eigenvalue weighted by molar-refractivity contribution is -0.196. The highest BCUT2D eigenvalue weighted by Gasteiger charge is 2.46. The molecule has 0 amide bonds. The van der Waals surface area contributed by atoms with Crippen LogP contribution in [0.3, 0.4) is 0 Å². The van der Waals surface area contributed by atoms with Gasteiger partial charge in [0, 0.05) is 13.1 Å². The third-order valence-electron chi connectivity index (χ3n) is 3.08. The van der Waals surface area contributed by atoms with Crippen molar-refractivity contribution in [1.82, 2.24) is 4.90 Å². The van der Waals surface area contributed by atoms with Crippen molar-refractivity contribution >= 4 is 5.97 Å². The van der Waals surface area contributed by atoms with Gasteiger partial charge in [-0.1, -0.05) is 13.3 Å². The van der Waals surface area contributed by atoms with Crippen molar-refractivity contribution in [3.63, 3.8) is 0 Å². The lowest BCUT2D eigenvalue weighted by atomic mass is 10.1. The van der Waals surface area contributed by atoms with Crippen molar-refractivity contribution in [1.29, 1.82) is 0 Å². The highest BCUT2D eigenvalue weighted by molar-refractivity contribution is 5.71. The smallest absolute Gasteiger partial charge is 0.403 e. The van der Waals surface area contributed by atoms with E-state index in [1.54, 1.807) is 4.90 Å². The number of halogens is 3. The van der Waals surface area contributed by atoms with Crippen molar-refractivity contribution < 1.29 is 23.1 Å². The molecule has 0 saturated carbocycles. The van der Waals surface area contributed by atoms with Crippen LogP contribution < -0.4 is 0 Å². The number of hydrogen-bond donors (Lipinski definition) is 1. The summed E-state index contributed by atoms with van der Waals surface area (Å²) in [5.74, 6) is -3.64. The van der Waals surface area contributed by atoms with E-state index in [0.29, 0.717) is 19.0 Å². The van der Waals surface area contributed by atoms with E-state index >= 15 is 0 Å². The van der Waals surface area contributed by atoms with Crippen LogP contribution in [0, 0.1) is 11.8 Å². The third-order valence-corrected chi connectivity index (χ3v) is 3.08. The van der Waals surface area contributed by atoms with Crippen LogP contribution in [0.4, 0.5) is 13.2 Å². The summed E-state index contributed by atoms with van der Waals surface area (Å²) in [5.41, 5.74) is 0. The highest BCUT2D eigenvalue weighted by Crippen LogP contribution is 2.29. The monoisotopic (exact) mass is 239 g/mol. The normalized spacial score (nSPS) is 24.6. The molecule has 1 saturated heterocycles. The zero-order valence-electron chi connectivity index (χ0n) is 9.13. The van der Waals surface area contributed by atoms with E-state index in [0.717, 1.165) is 12.8 Å². The topological polar surface area (TPSA) is 40.5 Å². The first-order valence-corrected chi connectivity index (χ1v) is 5.36. The number of nitrogens with zero attached hydrogens (tertiary/aromatic N) is 1. The molecule has 6 heteroatoms. The van der Waals surface area contributed by atoms with Crippen LogP contribution in [0.2, 0.25) is 0 Å². The Bertz CT molecular complexity index is 255. The lowest BCUT2D eigenvalue weighted by Crippen LogP contribution is -2.40. The summed E-state index contributed by atoms with van der Waals surface area (Å²) >= 11 is 0. The lowest BCUT2D eigenvalue weighted by Gasteiger charge is -2.22. The van der Waals surface area contributed by atoms with Gasteiger partial charge in [-0.25, -0.2) is 0 Å². The Labute approximate surface area is 92.2 Å². The number of carboxylic acids is 1. The molecule has 1 aliphatic rings. The first kappa shape index (κ1) is 13.3. The molecule has 0 spiro atoms. The van der Waals surface area contributed by atoms with Crippen LogP contribution in [-0.2, 0) is 4.79 Å². The summed E-state index contributed by atoms with van der Waals surface area (Å²) in [7, 11) is 0. The summed E-state index contributed by atoms with van der Waals surface area (Å²) in [5, 5.41) is 8.55. The van der Waals surface area contributed by atoms with Gasteiger partial charge in [0.05, 0.1) is 0 Å². The average Bonchev–Trinajstić information content (AvgIpc) is 2.59. The number of carbonyl (C=O) groups is 1. The fourth-order valence-corrected chi connectivity index (χ4v) is 1.99. The number of hydrogen-bond acceptors (Lipinski definition) is 2. The second-order valence-corrected chi connectivity index (χ2v) is 4.25. The van der Waals surface area contributed by atoms with Gasteiger partial charge in [-0.15, -0.1) is 0 Å². The molecule has 0 aromatic carbocycles. The predicted molar refractivity (Wildman–Crippen MR) is 52.0 cm³/mol. The minimum absolute atomic E-state index is 0.405. The van der Waals surface area contributed by atoms with Gasteiger partial charge in [0.1, 0.15) is 0 Å². The first-order valence-electron chi connectivity index (χ1n) is 5.36. The van der Waals surface area contributed by atoms with E-state index in [1.807, 2.05) is 6.92 Å². The van der Waals surface area contributed by atoms with E-state index in [1.165, 1.54) is 0 Å². The van der Waals surface area contributed by atoms with Crippen molar-refractivity contribution in [3.05, 3.63) is 0 Å². The van der Waals surface area contributed by atoms with Crippen molar-refractivity contribution in [2.24, 2.45) is 11.8 Å². The van der Waals surface area contributed by atoms with Gasteiger partial charge in [-0.2, -0.15) is 13.2 Å².